The van der Waals surface area contributed by atoms with Crippen molar-refractivity contribution in [2.24, 2.45) is 0 Å². The largest absolute Gasteiger partial charge is 0.264 e. The summed E-state index contributed by atoms with van der Waals surface area (Å²) in [6, 6.07) is 16.6. The molecule has 0 saturated carbocycles. The van der Waals surface area contributed by atoms with Gasteiger partial charge in [-0.25, -0.2) is 8.78 Å². The quantitative estimate of drug-likeness (QED) is 0.518. The lowest BCUT2D eigenvalue weighted by molar-refractivity contribution is 0.153. The van der Waals surface area contributed by atoms with E-state index in [1.807, 2.05) is 42.5 Å². The summed E-state index contributed by atoms with van der Waals surface area (Å²) in [5, 5.41) is 3.57. The first-order valence-corrected chi connectivity index (χ1v) is 5.45. The molecule has 84 valence electrons. The zero-order chi connectivity index (χ0) is 11.8. The molecule has 0 heterocycles. The molecule has 0 spiro atoms. The van der Waals surface area contributed by atoms with Crippen molar-refractivity contribution in [3.05, 3.63) is 60.2 Å². The van der Waals surface area contributed by atoms with Gasteiger partial charge in [0.15, 0.2) is 0 Å². The van der Waals surface area contributed by atoms with Crippen molar-refractivity contribution in [3.63, 3.8) is 0 Å². The van der Waals surface area contributed by atoms with Gasteiger partial charge in [0.1, 0.15) is 0 Å². The first kappa shape index (κ1) is 10.2. The highest BCUT2D eigenvalue weighted by Crippen LogP contribution is 2.30. The molecule has 0 aliphatic heterocycles. The van der Waals surface area contributed by atoms with Gasteiger partial charge in [-0.1, -0.05) is 42.5 Å². The third-order valence-electron chi connectivity index (χ3n) is 3.02. The van der Waals surface area contributed by atoms with E-state index >= 15 is 0 Å². The Labute approximate surface area is 97.5 Å². The molecular formula is C15H10F2. The second-order valence-electron chi connectivity index (χ2n) is 4.07. The average Bonchev–Trinajstić information content (AvgIpc) is 2.35. The molecule has 3 rings (SSSR count). The van der Waals surface area contributed by atoms with Crippen LogP contribution in [-0.2, 0) is 0 Å². The SMILES string of the molecule is FC(F)c1cccc2cc3ccccc3cc12. The van der Waals surface area contributed by atoms with Crippen molar-refractivity contribution in [1.82, 2.24) is 0 Å². The minimum Gasteiger partial charge on any atom is -0.205 e. The normalized spacial score (nSPS) is 11.5. The summed E-state index contributed by atoms with van der Waals surface area (Å²) < 4.78 is 25.8. The van der Waals surface area contributed by atoms with Crippen LogP contribution in [0.3, 0.4) is 0 Å². The van der Waals surface area contributed by atoms with Gasteiger partial charge in [-0.2, -0.15) is 0 Å². The predicted molar refractivity (Wildman–Crippen MR) is 66.4 cm³/mol. The molecule has 3 aromatic rings. The van der Waals surface area contributed by atoms with Crippen molar-refractivity contribution in [3.8, 4) is 0 Å². The van der Waals surface area contributed by atoms with Crippen LogP contribution >= 0.6 is 0 Å². The van der Waals surface area contributed by atoms with Crippen LogP contribution < -0.4 is 0 Å². The average molecular weight is 228 g/mol. The number of halogens is 2. The molecule has 2 heteroatoms. The van der Waals surface area contributed by atoms with Crippen LogP contribution in [0, 0.1) is 0 Å². The van der Waals surface area contributed by atoms with E-state index in [1.54, 1.807) is 6.07 Å². The molecule has 0 saturated heterocycles. The molecule has 3 aromatic carbocycles. The van der Waals surface area contributed by atoms with E-state index in [-0.39, 0.29) is 5.56 Å². The molecule has 0 aromatic heterocycles. The van der Waals surface area contributed by atoms with Gasteiger partial charge in [0.2, 0.25) is 0 Å². The van der Waals surface area contributed by atoms with Crippen LogP contribution in [0.1, 0.15) is 12.0 Å². The molecule has 0 atom stereocenters. The van der Waals surface area contributed by atoms with Crippen molar-refractivity contribution in [1.29, 1.82) is 0 Å². The van der Waals surface area contributed by atoms with E-state index in [4.69, 9.17) is 0 Å². The Balaban J connectivity index is 2.43. The van der Waals surface area contributed by atoms with Gasteiger partial charge in [-0.15, -0.1) is 0 Å². The van der Waals surface area contributed by atoms with Crippen LogP contribution in [0.15, 0.2) is 54.6 Å². The van der Waals surface area contributed by atoms with Gasteiger partial charge in [0.05, 0.1) is 0 Å². The summed E-state index contributed by atoms with van der Waals surface area (Å²) in [5.74, 6) is 0. The van der Waals surface area contributed by atoms with Crippen LogP contribution in [0.2, 0.25) is 0 Å². The number of alkyl halides is 2. The Morgan fingerprint density at radius 1 is 0.706 bits per heavy atom. The highest BCUT2D eigenvalue weighted by Gasteiger charge is 2.11. The minimum atomic E-state index is -2.43. The van der Waals surface area contributed by atoms with E-state index in [1.165, 1.54) is 6.07 Å². The van der Waals surface area contributed by atoms with E-state index in [9.17, 15) is 8.78 Å². The van der Waals surface area contributed by atoms with Gasteiger partial charge in [0, 0.05) is 5.56 Å². The fourth-order valence-electron chi connectivity index (χ4n) is 2.18. The van der Waals surface area contributed by atoms with Crippen molar-refractivity contribution >= 4 is 21.5 Å². The lowest BCUT2D eigenvalue weighted by Crippen LogP contribution is -1.86. The first-order chi connectivity index (χ1) is 8.25. The number of hydrogen-bond acceptors (Lipinski definition) is 0. The Morgan fingerprint density at radius 2 is 1.35 bits per heavy atom. The third-order valence-corrected chi connectivity index (χ3v) is 3.02. The summed E-state index contributed by atoms with van der Waals surface area (Å²) in [4.78, 5) is 0. The number of hydrogen-bond donors (Lipinski definition) is 0. The monoisotopic (exact) mass is 228 g/mol. The standard InChI is InChI=1S/C15H10F2/c16-15(17)13-7-3-6-12-8-10-4-1-2-5-11(10)9-14(12)13/h1-9,15H. The van der Waals surface area contributed by atoms with Crippen LogP contribution in [0.4, 0.5) is 8.78 Å². The lowest BCUT2D eigenvalue weighted by atomic mass is 10.00. The van der Waals surface area contributed by atoms with Crippen molar-refractivity contribution in [2.45, 2.75) is 6.43 Å². The number of rotatable bonds is 1. The molecule has 0 amide bonds. The summed E-state index contributed by atoms with van der Waals surface area (Å²) in [6.07, 6.45) is -2.43. The van der Waals surface area contributed by atoms with E-state index in [2.05, 4.69) is 0 Å². The molecule has 0 aliphatic rings. The highest BCUT2D eigenvalue weighted by molar-refractivity contribution is 5.99. The molecule has 0 nitrogen and oxygen atoms in total. The lowest BCUT2D eigenvalue weighted by Gasteiger charge is -2.07. The fourth-order valence-corrected chi connectivity index (χ4v) is 2.18. The Kier molecular flexibility index (Phi) is 2.29. The van der Waals surface area contributed by atoms with Crippen LogP contribution in [-0.4, -0.2) is 0 Å². The second kappa shape index (κ2) is 3.81. The summed E-state index contributed by atoms with van der Waals surface area (Å²) >= 11 is 0. The first-order valence-electron chi connectivity index (χ1n) is 5.45. The van der Waals surface area contributed by atoms with Gasteiger partial charge in [-0.3, -0.25) is 0 Å². The maximum Gasteiger partial charge on any atom is 0.264 e. The number of benzene rings is 3. The van der Waals surface area contributed by atoms with E-state index < -0.39 is 6.43 Å². The van der Waals surface area contributed by atoms with E-state index in [0.29, 0.717) is 5.39 Å². The molecule has 0 fully saturated rings. The Bertz CT molecular complexity index is 687. The molecule has 0 bridgehead atoms. The maximum absolute atomic E-state index is 12.9. The van der Waals surface area contributed by atoms with Crippen LogP contribution in [0.5, 0.6) is 0 Å². The summed E-state index contributed by atoms with van der Waals surface area (Å²) in [5.41, 5.74) is 0.105. The van der Waals surface area contributed by atoms with Gasteiger partial charge in [0.25, 0.3) is 6.43 Å². The highest BCUT2D eigenvalue weighted by atomic mass is 19.3. The predicted octanol–water partition coefficient (Wildman–Crippen LogP) is 4.93. The molecule has 0 N–H and O–H groups in total. The van der Waals surface area contributed by atoms with E-state index in [0.717, 1.165) is 16.2 Å². The van der Waals surface area contributed by atoms with Crippen molar-refractivity contribution < 1.29 is 8.78 Å². The molecule has 0 unspecified atom stereocenters. The van der Waals surface area contributed by atoms with Gasteiger partial charge >= 0.3 is 0 Å². The molecule has 17 heavy (non-hydrogen) atoms. The molecular weight excluding hydrogens is 218 g/mol. The molecule has 0 aliphatic carbocycles. The zero-order valence-corrected chi connectivity index (χ0v) is 9.03. The minimum absolute atomic E-state index is 0.105. The van der Waals surface area contributed by atoms with Gasteiger partial charge in [-0.05, 0) is 33.7 Å². The van der Waals surface area contributed by atoms with Crippen LogP contribution in [0.25, 0.3) is 21.5 Å². The number of fused-ring (bicyclic) bond motifs is 2. The summed E-state index contributed by atoms with van der Waals surface area (Å²) in [7, 11) is 0. The fraction of sp³-hybridized carbons (Fsp3) is 0.0667. The smallest absolute Gasteiger partial charge is 0.205 e. The maximum atomic E-state index is 12.9. The Hall–Kier alpha value is -1.96. The zero-order valence-electron chi connectivity index (χ0n) is 9.03. The third kappa shape index (κ3) is 1.66. The van der Waals surface area contributed by atoms with Crippen molar-refractivity contribution in [2.75, 3.05) is 0 Å². The second-order valence-corrected chi connectivity index (χ2v) is 4.07. The summed E-state index contributed by atoms with van der Waals surface area (Å²) in [6.45, 7) is 0. The molecule has 0 radical (unpaired) electrons. The van der Waals surface area contributed by atoms with Gasteiger partial charge < -0.3 is 0 Å². The topological polar surface area (TPSA) is 0 Å². The Morgan fingerprint density at radius 3 is 2.06 bits per heavy atom.